The van der Waals surface area contributed by atoms with Gasteiger partial charge in [0.25, 0.3) is 11.6 Å². The molecule has 2 aromatic rings. The zero-order valence-corrected chi connectivity index (χ0v) is 11.3. The standard InChI is InChI=1S/C15H13FN2O3/c1-10-2-7-14(16)13(8-10)15(19)17-9-11-3-5-12(6-4-11)18(20)21/h2-8H,9H2,1H3,(H,17,19). The molecule has 0 aromatic heterocycles. The van der Waals surface area contributed by atoms with Gasteiger partial charge >= 0.3 is 0 Å². The van der Waals surface area contributed by atoms with Crippen molar-refractivity contribution < 1.29 is 14.1 Å². The molecule has 0 radical (unpaired) electrons. The SMILES string of the molecule is Cc1ccc(F)c(C(=O)NCc2ccc([N+](=O)[O-])cc2)c1. The second-order valence-corrected chi connectivity index (χ2v) is 4.59. The Morgan fingerprint density at radius 1 is 1.24 bits per heavy atom. The molecule has 108 valence electrons. The minimum absolute atomic E-state index is 0.0167. The van der Waals surface area contributed by atoms with E-state index in [1.165, 1.54) is 24.3 Å². The fourth-order valence-electron chi connectivity index (χ4n) is 1.83. The second-order valence-electron chi connectivity index (χ2n) is 4.59. The van der Waals surface area contributed by atoms with Crippen LogP contribution in [0.5, 0.6) is 0 Å². The molecule has 1 amide bonds. The molecule has 0 aliphatic heterocycles. The topological polar surface area (TPSA) is 72.2 Å². The van der Waals surface area contributed by atoms with Crippen LogP contribution in [0.25, 0.3) is 0 Å². The lowest BCUT2D eigenvalue weighted by atomic mass is 10.1. The van der Waals surface area contributed by atoms with Gasteiger partial charge in [0.2, 0.25) is 0 Å². The van der Waals surface area contributed by atoms with Crippen LogP contribution in [-0.4, -0.2) is 10.8 Å². The molecular formula is C15H13FN2O3. The van der Waals surface area contributed by atoms with E-state index >= 15 is 0 Å². The van der Waals surface area contributed by atoms with Crippen LogP contribution in [0.1, 0.15) is 21.5 Å². The van der Waals surface area contributed by atoms with Crippen LogP contribution in [0.3, 0.4) is 0 Å². The minimum Gasteiger partial charge on any atom is -0.348 e. The molecule has 0 aliphatic rings. The third-order valence-corrected chi connectivity index (χ3v) is 2.97. The van der Waals surface area contributed by atoms with Gasteiger partial charge in [0.05, 0.1) is 10.5 Å². The van der Waals surface area contributed by atoms with E-state index in [4.69, 9.17) is 0 Å². The summed E-state index contributed by atoms with van der Waals surface area (Å²) in [6.07, 6.45) is 0. The molecule has 0 atom stereocenters. The van der Waals surface area contributed by atoms with E-state index in [2.05, 4.69) is 5.32 Å². The molecule has 1 N–H and O–H groups in total. The van der Waals surface area contributed by atoms with E-state index in [-0.39, 0.29) is 17.8 Å². The number of halogens is 1. The van der Waals surface area contributed by atoms with Crippen LogP contribution in [0.4, 0.5) is 10.1 Å². The zero-order valence-electron chi connectivity index (χ0n) is 11.3. The molecule has 5 nitrogen and oxygen atoms in total. The molecule has 0 heterocycles. The highest BCUT2D eigenvalue weighted by molar-refractivity contribution is 5.94. The average molecular weight is 288 g/mol. The third kappa shape index (κ3) is 3.62. The number of non-ortho nitro benzene ring substituents is 1. The lowest BCUT2D eigenvalue weighted by molar-refractivity contribution is -0.384. The van der Waals surface area contributed by atoms with Gasteiger partial charge in [-0.15, -0.1) is 0 Å². The molecule has 6 heteroatoms. The summed E-state index contributed by atoms with van der Waals surface area (Å²) in [4.78, 5) is 21.9. The summed E-state index contributed by atoms with van der Waals surface area (Å²) in [5.74, 6) is -1.10. The van der Waals surface area contributed by atoms with Crippen molar-refractivity contribution in [3.8, 4) is 0 Å². The van der Waals surface area contributed by atoms with Crippen molar-refractivity contribution in [3.05, 3.63) is 75.1 Å². The Kier molecular flexibility index (Phi) is 4.27. The van der Waals surface area contributed by atoms with E-state index < -0.39 is 16.6 Å². The van der Waals surface area contributed by atoms with Crippen molar-refractivity contribution in [2.75, 3.05) is 0 Å². The molecule has 0 saturated heterocycles. The third-order valence-electron chi connectivity index (χ3n) is 2.97. The van der Waals surface area contributed by atoms with E-state index in [9.17, 15) is 19.3 Å². The number of rotatable bonds is 4. The van der Waals surface area contributed by atoms with Crippen molar-refractivity contribution in [1.82, 2.24) is 5.32 Å². The Morgan fingerprint density at radius 2 is 1.90 bits per heavy atom. The van der Waals surface area contributed by atoms with Crippen LogP contribution < -0.4 is 5.32 Å². The van der Waals surface area contributed by atoms with Crippen LogP contribution in [-0.2, 0) is 6.54 Å². The van der Waals surface area contributed by atoms with Crippen molar-refractivity contribution in [2.24, 2.45) is 0 Å². The summed E-state index contributed by atoms with van der Waals surface area (Å²) in [5, 5.41) is 13.1. The fourth-order valence-corrected chi connectivity index (χ4v) is 1.83. The van der Waals surface area contributed by atoms with Gasteiger partial charge in [0.15, 0.2) is 0 Å². The predicted octanol–water partition coefficient (Wildman–Crippen LogP) is 2.97. The predicted molar refractivity (Wildman–Crippen MR) is 75.4 cm³/mol. The first-order valence-corrected chi connectivity index (χ1v) is 6.25. The monoisotopic (exact) mass is 288 g/mol. The number of amides is 1. The number of carbonyl (C=O) groups excluding carboxylic acids is 1. The van der Waals surface area contributed by atoms with Gasteiger partial charge < -0.3 is 5.32 Å². The Bertz CT molecular complexity index is 684. The van der Waals surface area contributed by atoms with E-state index in [1.54, 1.807) is 25.1 Å². The number of nitro groups is 1. The second kappa shape index (κ2) is 6.13. The van der Waals surface area contributed by atoms with Gasteiger partial charge in [0.1, 0.15) is 5.82 Å². The summed E-state index contributed by atoms with van der Waals surface area (Å²) < 4.78 is 13.6. The van der Waals surface area contributed by atoms with E-state index in [1.807, 2.05) is 0 Å². The summed E-state index contributed by atoms with van der Waals surface area (Å²) in [6.45, 7) is 1.94. The molecule has 0 bridgehead atoms. The number of benzene rings is 2. The van der Waals surface area contributed by atoms with E-state index in [0.29, 0.717) is 5.56 Å². The van der Waals surface area contributed by atoms with Gasteiger partial charge in [-0.2, -0.15) is 0 Å². The number of nitrogens with one attached hydrogen (secondary N) is 1. The molecule has 2 rings (SSSR count). The molecule has 0 fully saturated rings. The van der Waals surface area contributed by atoms with Gasteiger partial charge in [-0.25, -0.2) is 4.39 Å². The number of nitrogens with zero attached hydrogens (tertiary/aromatic N) is 1. The molecule has 0 saturated carbocycles. The van der Waals surface area contributed by atoms with Crippen molar-refractivity contribution >= 4 is 11.6 Å². The number of hydrogen-bond donors (Lipinski definition) is 1. The number of hydrogen-bond acceptors (Lipinski definition) is 3. The maximum Gasteiger partial charge on any atom is 0.269 e. The first-order chi connectivity index (χ1) is 9.97. The van der Waals surface area contributed by atoms with Gasteiger partial charge in [-0.3, -0.25) is 14.9 Å². The van der Waals surface area contributed by atoms with Crippen molar-refractivity contribution in [3.63, 3.8) is 0 Å². The number of nitro benzene ring substituents is 1. The van der Waals surface area contributed by atoms with Crippen LogP contribution in [0.2, 0.25) is 0 Å². The minimum atomic E-state index is -0.582. The van der Waals surface area contributed by atoms with Crippen LogP contribution in [0, 0.1) is 22.9 Å². The van der Waals surface area contributed by atoms with E-state index in [0.717, 1.165) is 5.56 Å². The zero-order chi connectivity index (χ0) is 15.4. The van der Waals surface area contributed by atoms with Gasteiger partial charge in [-0.1, -0.05) is 23.8 Å². The number of aryl methyl sites for hydroxylation is 1. The maximum atomic E-state index is 13.6. The number of carbonyl (C=O) groups is 1. The maximum absolute atomic E-state index is 13.6. The first kappa shape index (κ1) is 14.6. The van der Waals surface area contributed by atoms with Crippen LogP contribution in [0.15, 0.2) is 42.5 Å². The molecule has 2 aromatic carbocycles. The summed E-state index contributed by atoms with van der Waals surface area (Å²) >= 11 is 0. The Hall–Kier alpha value is -2.76. The quantitative estimate of drug-likeness (QED) is 0.694. The van der Waals surface area contributed by atoms with Crippen molar-refractivity contribution in [2.45, 2.75) is 13.5 Å². The molecule has 0 spiro atoms. The highest BCUT2D eigenvalue weighted by atomic mass is 19.1. The summed E-state index contributed by atoms with van der Waals surface area (Å²) in [6, 6.07) is 10.1. The molecule has 0 aliphatic carbocycles. The Balaban J connectivity index is 2.04. The summed E-state index contributed by atoms with van der Waals surface area (Å²) in [5.41, 5.74) is 1.45. The summed E-state index contributed by atoms with van der Waals surface area (Å²) in [7, 11) is 0. The normalized spacial score (nSPS) is 10.2. The molecule has 0 unspecified atom stereocenters. The average Bonchev–Trinajstić information content (AvgIpc) is 2.47. The lowest BCUT2D eigenvalue weighted by Crippen LogP contribution is -2.23. The Morgan fingerprint density at radius 3 is 2.52 bits per heavy atom. The fraction of sp³-hybridized carbons (Fsp3) is 0.133. The lowest BCUT2D eigenvalue weighted by Gasteiger charge is -2.07. The molecular weight excluding hydrogens is 275 g/mol. The first-order valence-electron chi connectivity index (χ1n) is 6.25. The highest BCUT2D eigenvalue weighted by Gasteiger charge is 2.11. The van der Waals surface area contributed by atoms with Gasteiger partial charge in [-0.05, 0) is 24.6 Å². The van der Waals surface area contributed by atoms with Crippen molar-refractivity contribution in [1.29, 1.82) is 0 Å². The Labute approximate surface area is 120 Å². The molecule has 21 heavy (non-hydrogen) atoms. The smallest absolute Gasteiger partial charge is 0.269 e. The van der Waals surface area contributed by atoms with Gasteiger partial charge in [0, 0.05) is 18.7 Å². The van der Waals surface area contributed by atoms with Crippen LogP contribution >= 0.6 is 0 Å². The highest BCUT2D eigenvalue weighted by Crippen LogP contribution is 2.13. The largest absolute Gasteiger partial charge is 0.348 e.